The molecule has 0 fully saturated rings. The quantitative estimate of drug-likeness (QED) is 0.917. The van der Waals surface area contributed by atoms with E-state index < -0.39 is 0 Å². The highest BCUT2D eigenvalue weighted by Crippen LogP contribution is 2.24. The zero-order chi connectivity index (χ0) is 13.1. The number of rotatable bonds is 4. The number of nitrogens with one attached hydrogen (secondary N) is 1. The first-order valence-electron chi connectivity index (χ1n) is 6.16. The second-order valence-electron chi connectivity index (χ2n) is 4.56. The van der Waals surface area contributed by atoms with Gasteiger partial charge in [-0.15, -0.1) is 11.3 Å². The number of aryl methyl sites for hydroxylation is 3. The van der Waals surface area contributed by atoms with Crippen LogP contribution in [0.2, 0.25) is 0 Å². The molecule has 96 valence electrons. The van der Waals surface area contributed by atoms with Gasteiger partial charge in [0.25, 0.3) is 0 Å². The van der Waals surface area contributed by atoms with Crippen molar-refractivity contribution >= 4 is 11.3 Å². The van der Waals surface area contributed by atoms with Gasteiger partial charge >= 0.3 is 0 Å². The van der Waals surface area contributed by atoms with E-state index in [1.165, 1.54) is 4.88 Å². The first-order valence-corrected chi connectivity index (χ1v) is 6.97. The minimum atomic E-state index is 0.318. The van der Waals surface area contributed by atoms with Crippen LogP contribution in [0.4, 0.5) is 0 Å². The number of aromatic nitrogens is 2. The van der Waals surface area contributed by atoms with Gasteiger partial charge in [-0.25, -0.2) is 4.98 Å². The highest BCUT2D eigenvalue weighted by atomic mass is 32.1. The Labute approximate surface area is 112 Å². The highest BCUT2D eigenvalue weighted by molar-refractivity contribution is 7.11. The van der Waals surface area contributed by atoms with Crippen molar-refractivity contribution in [1.82, 2.24) is 15.3 Å². The first kappa shape index (κ1) is 13.2. The summed E-state index contributed by atoms with van der Waals surface area (Å²) >= 11 is 1.77. The molecule has 4 heteroatoms. The van der Waals surface area contributed by atoms with Crippen LogP contribution in [-0.2, 0) is 6.54 Å². The van der Waals surface area contributed by atoms with Gasteiger partial charge in [-0.05, 0) is 39.8 Å². The SMILES string of the molecule is Cc1cccc(CNC(C)c2sc(C)nc2C)n1. The van der Waals surface area contributed by atoms with Crippen LogP contribution >= 0.6 is 11.3 Å². The molecule has 0 amide bonds. The van der Waals surface area contributed by atoms with Crippen molar-refractivity contribution in [3.8, 4) is 0 Å². The van der Waals surface area contributed by atoms with E-state index in [0.717, 1.165) is 28.6 Å². The van der Waals surface area contributed by atoms with Crippen LogP contribution in [0, 0.1) is 20.8 Å². The normalized spacial score (nSPS) is 12.7. The second-order valence-corrected chi connectivity index (χ2v) is 5.79. The maximum absolute atomic E-state index is 4.49. The first-order chi connectivity index (χ1) is 8.56. The lowest BCUT2D eigenvalue weighted by atomic mass is 10.2. The van der Waals surface area contributed by atoms with Crippen LogP contribution in [0.15, 0.2) is 18.2 Å². The zero-order valence-corrected chi connectivity index (χ0v) is 12.1. The van der Waals surface area contributed by atoms with Crippen molar-refractivity contribution in [2.24, 2.45) is 0 Å². The van der Waals surface area contributed by atoms with E-state index in [1.54, 1.807) is 11.3 Å². The molecule has 0 bridgehead atoms. The van der Waals surface area contributed by atoms with Crippen molar-refractivity contribution in [1.29, 1.82) is 0 Å². The van der Waals surface area contributed by atoms with Crippen LogP contribution in [0.25, 0.3) is 0 Å². The third-order valence-corrected chi connectivity index (χ3v) is 4.12. The average Bonchev–Trinajstić information content (AvgIpc) is 2.66. The Morgan fingerprint density at radius 2 is 2.00 bits per heavy atom. The Kier molecular flexibility index (Phi) is 4.09. The van der Waals surface area contributed by atoms with Crippen molar-refractivity contribution in [2.45, 2.75) is 40.3 Å². The molecule has 3 nitrogen and oxygen atoms in total. The lowest BCUT2D eigenvalue weighted by molar-refractivity contribution is 0.571. The molecule has 0 saturated carbocycles. The fraction of sp³-hybridized carbons (Fsp3) is 0.429. The number of hydrogen-bond donors (Lipinski definition) is 1. The molecule has 0 aromatic carbocycles. The van der Waals surface area contributed by atoms with Gasteiger partial charge in [0.05, 0.1) is 16.4 Å². The predicted molar refractivity (Wildman–Crippen MR) is 75.8 cm³/mol. The van der Waals surface area contributed by atoms with Crippen molar-refractivity contribution in [3.63, 3.8) is 0 Å². The Morgan fingerprint density at radius 1 is 1.22 bits per heavy atom. The van der Waals surface area contributed by atoms with Gasteiger partial charge in [0, 0.05) is 23.2 Å². The van der Waals surface area contributed by atoms with Crippen LogP contribution in [0.5, 0.6) is 0 Å². The molecule has 0 aliphatic rings. The Hall–Kier alpha value is -1.26. The van der Waals surface area contributed by atoms with E-state index in [-0.39, 0.29) is 0 Å². The van der Waals surface area contributed by atoms with E-state index in [2.05, 4.69) is 42.1 Å². The van der Waals surface area contributed by atoms with Gasteiger partial charge in [0.1, 0.15) is 0 Å². The molecule has 0 saturated heterocycles. The molecule has 2 rings (SSSR count). The van der Waals surface area contributed by atoms with Crippen molar-refractivity contribution in [3.05, 3.63) is 45.2 Å². The summed E-state index contributed by atoms with van der Waals surface area (Å²) in [5.41, 5.74) is 3.28. The molecule has 0 radical (unpaired) electrons. The minimum Gasteiger partial charge on any atom is -0.304 e. The standard InChI is InChI=1S/C14H19N3S/c1-9-6-5-7-13(16-9)8-15-10(2)14-11(3)17-12(4)18-14/h5-7,10,15H,8H2,1-4H3. The van der Waals surface area contributed by atoms with Crippen molar-refractivity contribution in [2.75, 3.05) is 0 Å². The maximum Gasteiger partial charge on any atom is 0.0900 e. The van der Waals surface area contributed by atoms with E-state index in [9.17, 15) is 0 Å². The van der Waals surface area contributed by atoms with E-state index >= 15 is 0 Å². The average molecular weight is 261 g/mol. The summed E-state index contributed by atoms with van der Waals surface area (Å²) in [6.45, 7) is 9.11. The lowest BCUT2D eigenvalue weighted by Crippen LogP contribution is -2.18. The summed E-state index contributed by atoms with van der Waals surface area (Å²) < 4.78 is 0. The molecule has 2 aromatic rings. The molecular formula is C14H19N3S. The molecule has 1 atom stereocenters. The fourth-order valence-corrected chi connectivity index (χ4v) is 2.95. The van der Waals surface area contributed by atoms with Crippen LogP contribution in [-0.4, -0.2) is 9.97 Å². The largest absolute Gasteiger partial charge is 0.304 e. The van der Waals surface area contributed by atoms with Gasteiger partial charge in [-0.3, -0.25) is 4.98 Å². The third kappa shape index (κ3) is 3.15. The molecule has 1 N–H and O–H groups in total. The van der Waals surface area contributed by atoms with Gasteiger partial charge in [0.2, 0.25) is 0 Å². The second kappa shape index (κ2) is 5.59. The summed E-state index contributed by atoms with van der Waals surface area (Å²) in [4.78, 5) is 10.3. The Bertz CT molecular complexity index is 534. The molecule has 2 aromatic heterocycles. The summed E-state index contributed by atoms with van der Waals surface area (Å²) in [7, 11) is 0. The summed E-state index contributed by atoms with van der Waals surface area (Å²) in [5, 5.41) is 4.63. The predicted octanol–water partition coefficient (Wildman–Crippen LogP) is 3.31. The number of hydrogen-bond acceptors (Lipinski definition) is 4. The van der Waals surface area contributed by atoms with Crippen LogP contribution in [0.3, 0.4) is 0 Å². The van der Waals surface area contributed by atoms with Gasteiger partial charge in [-0.2, -0.15) is 0 Å². The number of pyridine rings is 1. The van der Waals surface area contributed by atoms with Gasteiger partial charge < -0.3 is 5.32 Å². The van der Waals surface area contributed by atoms with Gasteiger partial charge in [-0.1, -0.05) is 6.07 Å². The van der Waals surface area contributed by atoms with Crippen LogP contribution in [0.1, 0.15) is 39.9 Å². The Morgan fingerprint density at radius 3 is 2.61 bits per heavy atom. The lowest BCUT2D eigenvalue weighted by Gasteiger charge is -2.12. The fourth-order valence-electron chi connectivity index (χ4n) is 2.00. The monoisotopic (exact) mass is 261 g/mol. The summed E-state index contributed by atoms with van der Waals surface area (Å²) in [6, 6.07) is 6.44. The Balaban J connectivity index is 2.00. The molecular weight excluding hydrogens is 242 g/mol. The van der Waals surface area contributed by atoms with E-state index in [0.29, 0.717) is 6.04 Å². The molecule has 18 heavy (non-hydrogen) atoms. The minimum absolute atomic E-state index is 0.318. The molecule has 1 unspecified atom stereocenters. The molecule has 2 heterocycles. The molecule has 0 aliphatic carbocycles. The smallest absolute Gasteiger partial charge is 0.0900 e. The summed E-state index contributed by atoms with van der Waals surface area (Å²) in [6.07, 6.45) is 0. The van der Waals surface area contributed by atoms with Crippen molar-refractivity contribution < 1.29 is 0 Å². The topological polar surface area (TPSA) is 37.8 Å². The zero-order valence-electron chi connectivity index (χ0n) is 11.3. The van der Waals surface area contributed by atoms with Crippen LogP contribution < -0.4 is 5.32 Å². The van der Waals surface area contributed by atoms with Gasteiger partial charge in [0.15, 0.2) is 0 Å². The van der Waals surface area contributed by atoms with E-state index in [1.807, 2.05) is 19.1 Å². The van der Waals surface area contributed by atoms with E-state index in [4.69, 9.17) is 0 Å². The summed E-state index contributed by atoms with van der Waals surface area (Å²) in [5.74, 6) is 0. The maximum atomic E-state index is 4.49. The number of nitrogens with zero attached hydrogens (tertiary/aromatic N) is 2. The third-order valence-electron chi connectivity index (χ3n) is 2.87. The molecule has 0 spiro atoms. The number of thiazole rings is 1. The highest BCUT2D eigenvalue weighted by Gasteiger charge is 2.12. The molecule has 0 aliphatic heterocycles.